The van der Waals surface area contributed by atoms with Crippen molar-refractivity contribution in [3.8, 4) is 11.1 Å². The third-order valence-electron chi connectivity index (χ3n) is 3.89. The van der Waals surface area contributed by atoms with E-state index >= 15 is 0 Å². The second-order valence-corrected chi connectivity index (χ2v) is 5.94. The van der Waals surface area contributed by atoms with Crippen LogP contribution in [0.2, 0.25) is 5.15 Å². The maximum atomic E-state index is 11.5. The molecule has 2 aromatic carbocycles. The first kappa shape index (κ1) is 16.2. The highest BCUT2D eigenvalue weighted by Gasteiger charge is 2.09. The fourth-order valence-corrected chi connectivity index (χ4v) is 2.94. The Balaban J connectivity index is 1.84. The van der Waals surface area contributed by atoms with Crippen molar-refractivity contribution in [1.82, 2.24) is 4.98 Å². The van der Waals surface area contributed by atoms with Crippen LogP contribution >= 0.6 is 11.6 Å². The number of aromatic nitrogens is 1. The zero-order valence-corrected chi connectivity index (χ0v) is 13.8. The number of carbonyl (C=O) groups is 1. The van der Waals surface area contributed by atoms with Gasteiger partial charge in [-0.2, -0.15) is 0 Å². The summed E-state index contributed by atoms with van der Waals surface area (Å²) in [7, 11) is 0. The Morgan fingerprint density at radius 2 is 1.62 bits per heavy atom. The molecular formula is C20H17ClN2O. The first-order valence-corrected chi connectivity index (χ1v) is 8.11. The van der Waals surface area contributed by atoms with Gasteiger partial charge in [-0.25, -0.2) is 4.98 Å². The summed E-state index contributed by atoms with van der Waals surface area (Å²) in [5, 5.41) is 0.467. The number of amides is 1. The molecule has 3 nitrogen and oxygen atoms in total. The largest absolute Gasteiger partial charge is 0.366 e. The highest BCUT2D eigenvalue weighted by molar-refractivity contribution is 6.29. The summed E-state index contributed by atoms with van der Waals surface area (Å²) in [6.45, 7) is 0. The van der Waals surface area contributed by atoms with Gasteiger partial charge in [0.2, 0.25) is 5.91 Å². The van der Waals surface area contributed by atoms with Crippen molar-refractivity contribution in [2.24, 2.45) is 5.73 Å². The molecule has 0 aliphatic heterocycles. The quantitative estimate of drug-likeness (QED) is 0.707. The molecule has 24 heavy (non-hydrogen) atoms. The fraction of sp³-hybridized carbons (Fsp3) is 0.100. The zero-order chi connectivity index (χ0) is 16.9. The Hall–Kier alpha value is -2.65. The number of hydrogen-bond donors (Lipinski definition) is 1. The van der Waals surface area contributed by atoms with Gasteiger partial charge in [-0.05, 0) is 47.7 Å². The summed E-state index contributed by atoms with van der Waals surface area (Å²) in [6, 6.07) is 21.3. The Morgan fingerprint density at radius 1 is 0.917 bits per heavy atom. The van der Waals surface area contributed by atoms with E-state index in [0.29, 0.717) is 23.6 Å². The smallest absolute Gasteiger partial charge is 0.248 e. The topological polar surface area (TPSA) is 56.0 Å². The third-order valence-corrected chi connectivity index (χ3v) is 4.08. The standard InChI is InChI=1S/C20H17ClN2O/c21-19-13-16(14-6-2-1-3-7-14)12-17(23-19)11-10-15-8-4-5-9-18(15)20(22)24/h1-9,12-13H,10-11H2,(H2,22,24). The van der Waals surface area contributed by atoms with E-state index in [1.165, 1.54) is 0 Å². The van der Waals surface area contributed by atoms with Gasteiger partial charge in [-0.1, -0.05) is 60.1 Å². The molecule has 0 spiro atoms. The lowest BCUT2D eigenvalue weighted by molar-refractivity contribution is 0.0999. The van der Waals surface area contributed by atoms with Crippen LogP contribution in [-0.4, -0.2) is 10.9 Å². The molecule has 0 aliphatic carbocycles. The molecular weight excluding hydrogens is 320 g/mol. The number of nitrogens with two attached hydrogens (primary N) is 1. The molecule has 1 heterocycles. The summed E-state index contributed by atoms with van der Waals surface area (Å²) in [6.07, 6.45) is 1.37. The van der Waals surface area contributed by atoms with Gasteiger partial charge in [-0.15, -0.1) is 0 Å². The van der Waals surface area contributed by atoms with E-state index in [0.717, 1.165) is 22.4 Å². The molecule has 3 rings (SSSR count). The molecule has 4 heteroatoms. The number of rotatable bonds is 5. The Labute approximate surface area is 146 Å². The van der Waals surface area contributed by atoms with Crippen molar-refractivity contribution in [3.05, 3.63) is 88.7 Å². The van der Waals surface area contributed by atoms with Gasteiger partial charge < -0.3 is 5.73 Å². The summed E-state index contributed by atoms with van der Waals surface area (Å²) >= 11 is 6.18. The van der Waals surface area contributed by atoms with Crippen LogP contribution in [0.15, 0.2) is 66.7 Å². The van der Waals surface area contributed by atoms with Crippen LogP contribution in [0.3, 0.4) is 0 Å². The van der Waals surface area contributed by atoms with Gasteiger partial charge in [0.15, 0.2) is 0 Å². The summed E-state index contributed by atoms with van der Waals surface area (Å²) < 4.78 is 0. The average molecular weight is 337 g/mol. The monoisotopic (exact) mass is 336 g/mol. The van der Waals surface area contributed by atoms with E-state index in [9.17, 15) is 4.79 Å². The van der Waals surface area contributed by atoms with Gasteiger partial charge >= 0.3 is 0 Å². The SMILES string of the molecule is NC(=O)c1ccccc1CCc1cc(-c2ccccc2)cc(Cl)n1. The Kier molecular flexibility index (Phi) is 4.92. The number of hydrogen-bond acceptors (Lipinski definition) is 2. The fourth-order valence-electron chi connectivity index (χ4n) is 2.72. The number of benzene rings is 2. The second kappa shape index (κ2) is 7.28. The Morgan fingerprint density at radius 3 is 2.38 bits per heavy atom. The summed E-state index contributed by atoms with van der Waals surface area (Å²) in [5.41, 5.74) is 9.94. The van der Waals surface area contributed by atoms with Gasteiger partial charge in [-0.3, -0.25) is 4.79 Å². The molecule has 0 atom stereocenters. The summed E-state index contributed by atoms with van der Waals surface area (Å²) in [5.74, 6) is -0.408. The molecule has 0 unspecified atom stereocenters. The van der Waals surface area contributed by atoms with Crippen LogP contribution in [0, 0.1) is 0 Å². The van der Waals surface area contributed by atoms with E-state index in [4.69, 9.17) is 17.3 Å². The first-order valence-electron chi connectivity index (χ1n) is 7.73. The first-order chi connectivity index (χ1) is 11.6. The molecule has 0 bridgehead atoms. The maximum Gasteiger partial charge on any atom is 0.248 e. The van der Waals surface area contributed by atoms with Crippen molar-refractivity contribution in [2.75, 3.05) is 0 Å². The van der Waals surface area contributed by atoms with Crippen LogP contribution in [0.5, 0.6) is 0 Å². The van der Waals surface area contributed by atoms with Gasteiger partial charge in [0.25, 0.3) is 0 Å². The molecule has 120 valence electrons. The normalized spacial score (nSPS) is 10.5. The zero-order valence-electron chi connectivity index (χ0n) is 13.1. The predicted octanol–water partition coefficient (Wildman–Crippen LogP) is 4.29. The third kappa shape index (κ3) is 3.81. The van der Waals surface area contributed by atoms with Crippen LogP contribution in [-0.2, 0) is 12.8 Å². The molecule has 1 amide bonds. The van der Waals surface area contributed by atoms with Crippen LogP contribution in [0.25, 0.3) is 11.1 Å². The van der Waals surface area contributed by atoms with Crippen LogP contribution < -0.4 is 5.73 Å². The lowest BCUT2D eigenvalue weighted by Gasteiger charge is -2.08. The van der Waals surface area contributed by atoms with E-state index in [1.807, 2.05) is 60.7 Å². The summed E-state index contributed by atoms with van der Waals surface area (Å²) in [4.78, 5) is 15.9. The van der Waals surface area contributed by atoms with E-state index in [2.05, 4.69) is 4.98 Å². The van der Waals surface area contributed by atoms with Crippen LogP contribution in [0.1, 0.15) is 21.6 Å². The number of carbonyl (C=O) groups excluding carboxylic acids is 1. The number of pyridine rings is 1. The number of primary amides is 1. The van der Waals surface area contributed by atoms with Crippen molar-refractivity contribution in [3.63, 3.8) is 0 Å². The highest BCUT2D eigenvalue weighted by Crippen LogP contribution is 2.23. The predicted molar refractivity (Wildman–Crippen MR) is 97.1 cm³/mol. The molecule has 0 fully saturated rings. The minimum absolute atomic E-state index is 0.408. The van der Waals surface area contributed by atoms with E-state index in [-0.39, 0.29) is 0 Å². The lowest BCUT2D eigenvalue weighted by Crippen LogP contribution is -2.14. The van der Waals surface area contributed by atoms with Crippen LogP contribution in [0.4, 0.5) is 0 Å². The Bertz CT molecular complexity index is 863. The molecule has 0 aliphatic rings. The van der Waals surface area contributed by atoms with Crippen molar-refractivity contribution in [1.29, 1.82) is 0 Å². The van der Waals surface area contributed by atoms with E-state index in [1.54, 1.807) is 6.07 Å². The molecule has 0 saturated carbocycles. The van der Waals surface area contributed by atoms with Crippen molar-refractivity contribution in [2.45, 2.75) is 12.8 Å². The lowest BCUT2D eigenvalue weighted by atomic mass is 10.00. The van der Waals surface area contributed by atoms with Crippen molar-refractivity contribution < 1.29 is 4.79 Å². The van der Waals surface area contributed by atoms with Gasteiger partial charge in [0, 0.05) is 11.3 Å². The number of aryl methyl sites for hydroxylation is 2. The van der Waals surface area contributed by atoms with Crippen molar-refractivity contribution >= 4 is 17.5 Å². The number of nitrogens with zero attached hydrogens (tertiary/aromatic N) is 1. The van der Waals surface area contributed by atoms with Gasteiger partial charge in [0.1, 0.15) is 5.15 Å². The molecule has 0 radical (unpaired) electrons. The number of halogens is 1. The minimum Gasteiger partial charge on any atom is -0.366 e. The molecule has 2 N–H and O–H groups in total. The molecule has 0 saturated heterocycles. The van der Waals surface area contributed by atoms with Gasteiger partial charge in [0.05, 0.1) is 0 Å². The second-order valence-electron chi connectivity index (χ2n) is 5.56. The molecule has 1 aromatic heterocycles. The minimum atomic E-state index is -0.408. The highest BCUT2D eigenvalue weighted by atomic mass is 35.5. The average Bonchev–Trinajstić information content (AvgIpc) is 2.60. The van der Waals surface area contributed by atoms with E-state index < -0.39 is 5.91 Å². The molecule has 3 aromatic rings. The maximum absolute atomic E-state index is 11.5.